The molecule has 0 unspecified atom stereocenters. The third-order valence-corrected chi connectivity index (χ3v) is 5.46. The molecule has 1 aliphatic rings. The van der Waals surface area contributed by atoms with E-state index in [1.807, 2.05) is 18.5 Å². The molecule has 1 fully saturated rings. The number of fused-ring (bicyclic) bond motifs is 1. The number of hydrogen-bond acceptors (Lipinski definition) is 6. The van der Waals surface area contributed by atoms with Crippen molar-refractivity contribution in [2.24, 2.45) is 0 Å². The first kappa shape index (κ1) is 19.6. The van der Waals surface area contributed by atoms with Crippen molar-refractivity contribution in [2.45, 2.75) is 32.7 Å². The number of nitrogen functional groups attached to an aromatic ring is 1. The van der Waals surface area contributed by atoms with Crippen LogP contribution in [0.25, 0.3) is 11.2 Å². The first-order chi connectivity index (χ1) is 14.0. The van der Waals surface area contributed by atoms with E-state index in [0.717, 1.165) is 62.8 Å². The van der Waals surface area contributed by atoms with Gasteiger partial charge in [0.05, 0.1) is 6.33 Å². The minimum absolute atomic E-state index is 0.188. The molecule has 0 radical (unpaired) electrons. The van der Waals surface area contributed by atoms with Gasteiger partial charge in [0.2, 0.25) is 0 Å². The van der Waals surface area contributed by atoms with Crippen LogP contribution in [0.4, 0.5) is 15.9 Å². The van der Waals surface area contributed by atoms with Crippen LogP contribution in [0.5, 0.6) is 0 Å². The number of benzene rings is 1. The molecule has 0 spiro atoms. The average molecular weight is 398 g/mol. The SMILES string of the molecule is CC(C)c1nc(N)c2ncn(CCCN3CCN(c4ccc(F)cc4)CC3)c2n1. The first-order valence-electron chi connectivity index (χ1n) is 10.2. The van der Waals surface area contributed by atoms with E-state index < -0.39 is 0 Å². The van der Waals surface area contributed by atoms with Crippen molar-refractivity contribution in [3.8, 4) is 0 Å². The lowest BCUT2D eigenvalue weighted by Crippen LogP contribution is -2.46. The molecule has 2 N–H and O–H groups in total. The smallest absolute Gasteiger partial charge is 0.165 e. The maximum Gasteiger partial charge on any atom is 0.165 e. The monoisotopic (exact) mass is 397 g/mol. The molecular weight excluding hydrogens is 369 g/mol. The predicted octanol–water partition coefficient (Wildman–Crippen LogP) is 2.88. The number of halogens is 1. The van der Waals surface area contributed by atoms with Crippen molar-refractivity contribution < 1.29 is 4.39 Å². The largest absolute Gasteiger partial charge is 0.382 e. The summed E-state index contributed by atoms with van der Waals surface area (Å²) in [4.78, 5) is 18.2. The Labute approximate surface area is 170 Å². The summed E-state index contributed by atoms with van der Waals surface area (Å²) in [6, 6.07) is 6.76. The lowest BCUT2D eigenvalue weighted by Gasteiger charge is -2.36. The minimum Gasteiger partial charge on any atom is -0.382 e. The first-order valence-corrected chi connectivity index (χ1v) is 10.2. The van der Waals surface area contributed by atoms with Crippen LogP contribution in [0.15, 0.2) is 30.6 Å². The molecule has 1 saturated heterocycles. The van der Waals surface area contributed by atoms with Gasteiger partial charge in [-0.15, -0.1) is 0 Å². The summed E-state index contributed by atoms with van der Waals surface area (Å²) in [6.07, 6.45) is 2.83. The maximum atomic E-state index is 13.1. The lowest BCUT2D eigenvalue weighted by atomic mass is 10.2. The number of piperazine rings is 1. The number of aryl methyl sites for hydroxylation is 1. The minimum atomic E-state index is -0.188. The second-order valence-corrected chi connectivity index (χ2v) is 7.89. The lowest BCUT2D eigenvalue weighted by molar-refractivity contribution is 0.251. The van der Waals surface area contributed by atoms with Crippen LogP contribution in [-0.4, -0.2) is 57.1 Å². The van der Waals surface area contributed by atoms with Crippen molar-refractivity contribution in [3.05, 3.63) is 42.2 Å². The molecule has 0 amide bonds. The van der Waals surface area contributed by atoms with E-state index in [4.69, 9.17) is 5.73 Å². The Morgan fingerprint density at radius 2 is 1.76 bits per heavy atom. The van der Waals surface area contributed by atoms with Crippen LogP contribution in [0.2, 0.25) is 0 Å². The molecule has 8 heteroatoms. The number of anilines is 2. The van der Waals surface area contributed by atoms with Gasteiger partial charge in [0.15, 0.2) is 11.5 Å². The van der Waals surface area contributed by atoms with Crippen molar-refractivity contribution in [1.29, 1.82) is 0 Å². The van der Waals surface area contributed by atoms with Gasteiger partial charge < -0.3 is 15.2 Å². The molecule has 0 saturated carbocycles. The van der Waals surface area contributed by atoms with Crippen molar-refractivity contribution >= 4 is 22.7 Å². The number of rotatable bonds is 6. The molecule has 2 aromatic heterocycles. The zero-order valence-electron chi connectivity index (χ0n) is 17.1. The summed E-state index contributed by atoms with van der Waals surface area (Å²) >= 11 is 0. The van der Waals surface area contributed by atoms with Crippen LogP contribution in [-0.2, 0) is 6.54 Å². The number of hydrogen-bond donors (Lipinski definition) is 1. The highest BCUT2D eigenvalue weighted by molar-refractivity contribution is 5.81. The fourth-order valence-electron chi connectivity index (χ4n) is 3.75. The Kier molecular flexibility index (Phi) is 5.62. The van der Waals surface area contributed by atoms with Gasteiger partial charge >= 0.3 is 0 Å². The van der Waals surface area contributed by atoms with Gasteiger partial charge in [-0.2, -0.15) is 0 Å². The molecular formula is C21H28FN7. The molecule has 3 heterocycles. The van der Waals surface area contributed by atoms with Crippen LogP contribution >= 0.6 is 0 Å². The van der Waals surface area contributed by atoms with Gasteiger partial charge in [-0.05, 0) is 37.2 Å². The number of nitrogens with zero attached hydrogens (tertiary/aromatic N) is 6. The van der Waals surface area contributed by atoms with Gasteiger partial charge in [0.1, 0.15) is 17.2 Å². The summed E-state index contributed by atoms with van der Waals surface area (Å²) in [7, 11) is 0. The summed E-state index contributed by atoms with van der Waals surface area (Å²) in [5.74, 6) is 1.25. The summed E-state index contributed by atoms with van der Waals surface area (Å²) < 4.78 is 15.2. The zero-order valence-corrected chi connectivity index (χ0v) is 17.1. The normalized spacial score (nSPS) is 15.5. The fourth-order valence-corrected chi connectivity index (χ4v) is 3.75. The Morgan fingerprint density at radius 3 is 2.45 bits per heavy atom. The summed E-state index contributed by atoms with van der Waals surface area (Å²) in [6.45, 7) is 9.93. The molecule has 1 aliphatic heterocycles. The highest BCUT2D eigenvalue weighted by atomic mass is 19.1. The topological polar surface area (TPSA) is 76.1 Å². The Balaban J connectivity index is 1.31. The number of nitrogens with two attached hydrogens (primary N) is 1. The molecule has 3 aromatic rings. The van der Waals surface area contributed by atoms with E-state index in [2.05, 4.69) is 43.2 Å². The van der Waals surface area contributed by atoms with E-state index >= 15 is 0 Å². The van der Waals surface area contributed by atoms with E-state index in [0.29, 0.717) is 11.3 Å². The molecule has 0 bridgehead atoms. The average Bonchev–Trinajstić information content (AvgIpc) is 3.13. The number of imidazole rings is 1. The van der Waals surface area contributed by atoms with Gasteiger partial charge in [-0.1, -0.05) is 13.8 Å². The van der Waals surface area contributed by atoms with Crippen LogP contribution in [0, 0.1) is 5.82 Å². The maximum absolute atomic E-state index is 13.1. The molecule has 1 aromatic carbocycles. The standard InChI is InChI=1S/C21H28FN7/c1-15(2)20-25-19(23)18-21(26-20)29(14-24-18)9-3-8-27-10-12-28(13-11-27)17-6-4-16(22)5-7-17/h4-7,14-15H,3,8-13H2,1-2H3,(H2,23,25,26). The van der Waals surface area contributed by atoms with Gasteiger partial charge in [-0.25, -0.2) is 19.3 Å². The molecule has 0 atom stereocenters. The highest BCUT2D eigenvalue weighted by Gasteiger charge is 2.17. The van der Waals surface area contributed by atoms with Crippen molar-refractivity contribution in [2.75, 3.05) is 43.4 Å². The Hall–Kier alpha value is -2.74. The van der Waals surface area contributed by atoms with E-state index in [9.17, 15) is 4.39 Å². The molecule has 7 nitrogen and oxygen atoms in total. The predicted molar refractivity (Wildman–Crippen MR) is 113 cm³/mol. The molecule has 4 rings (SSSR count). The Bertz CT molecular complexity index is 959. The second kappa shape index (κ2) is 8.32. The van der Waals surface area contributed by atoms with E-state index in [-0.39, 0.29) is 11.7 Å². The summed E-state index contributed by atoms with van der Waals surface area (Å²) in [5, 5.41) is 0. The van der Waals surface area contributed by atoms with E-state index in [1.165, 1.54) is 12.1 Å². The Morgan fingerprint density at radius 1 is 1.03 bits per heavy atom. The van der Waals surface area contributed by atoms with Crippen LogP contribution in [0.1, 0.15) is 32.0 Å². The molecule has 29 heavy (non-hydrogen) atoms. The third kappa shape index (κ3) is 4.32. The third-order valence-electron chi connectivity index (χ3n) is 5.46. The molecule has 0 aliphatic carbocycles. The quantitative estimate of drug-likeness (QED) is 0.689. The van der Waals surface area contributed by atoms with Crippen molar-refractivity contribution in [3.63, 3.8) is 0 Å². The second-order valence-electron chi connectivity index (χ2n) is 7.89. The van der Waals surface area contributed by atoms with Gasteiger partial charge in [0, 0.05) is 44.3 Å². The summed E-state index contributed by atoms with van der Waals surface area (Å²) in [5.41, 5.74) is 8.66. The fraction of sp³-hybridized carbons (Fsp3) is 0.476. The molecule has 154 valence electrons. The number of aromatic nitrogens is 4. The van der Waals surface area contributed by atoms with E-state index in [1.54, 1.807) is 0 Å². The van der Waals surface area contributed by atoms with Crippen LogP contribution in [0.3, 0.4) is 0 Å². The van der Waals surface area contributed by atoms with Gasteiger partial charge in [-0.3, -0.25) is 4.90 Å². The van der Waals surface area contributed by atoms with Gasteiger partial charge in [0.25, 0.3) is 0 Å². The van der Waals surface area contributed by atoms with Crippen LogP contribution < -0.4 is 10.6 Å². The zero-order chi connectivity index (χ0) is 20.4. The van der Waals surface area contributed by atoms with Crippen molar-refractivity contribution in [1.82, 2.24) is 24.4 Å². The highest BCUT2D eigenvalue weighted by Crippen LogP contribution is 2.20.